The number of hydrazine groups is 1. The van der Waals surface area contributed by atoms with Gasteiger partial charge in [-0.05, 0) is 67.1 Å². The van der Waals surface area contributed by atoms with Crippen molar-refractivity contribution >= 4 is 41.0 Å². The third-order valence-electron chi connectivity index (χ3n) is 4.80. The zero-order valence-electron chi connectivity index (χ0n) is 19.4. The van der Waals surface area contributed by atoms with Crippen molar-refractivity contribution in [1.29, 1.82) is 0 Å². The summed E-state index contributed by atoms with van der Waals surface area (Å²) in [5.74, 6) is -1.05. The molecule has 0 saturated heterocycles. The summed E-state index contributed by atoms with van der Waals surface area (Å²) in [6.07, 6.45) is -0.347. The summed E-state index contributed by atoms with van der Waals surface area (Å²) in [4.78, 5) is 47.6. The molecule has 36 heavy (non-hydrogen) atoms. The molecule has 10 heteroatoms. The van der Waals surface area contributed by atoms with Crippen LogP contribution in [0.25, 0.3) is 0 Å². The van der Waals surface area contributed by atoms with Crippen LogP contribution in [0, 0.1) is 6.92 Å². The van der Waals surface area contributed by atoms with Gasteiger partial charge in [-0.1, -0.05) is 29.8 Å². The van der Waals surface area contributed by atoms with E-state index in [2.05, 4.69) is 16.2 Å². The van der Waals surface area contributed by atoms with E-state index in [0.29, 0.717) is 16.5 Å². The highest BCUT2D eigenvalue weighted by Gasteiger charge is 2.12. The number of amides is 3. The SMILES string of the molecule is Cc1ccccc1Oc1ccc(NC(=O)CCC(=O)OCC(=O)NNC(=O)c2ccc(Cl)cc2)cc1. The van der Waals surface area contributed by atoms with Gasteiger partial charge < -0.3 is 14.8 Å². The van der Waals surface area contributed by atoms with Crippen molar-refractivity contribution in [2.75, 3.05) is 11.9 Å². The molecule has 0 saturated carbocycles. The van der Waals surface area contributed by atoms with Gasteiger partial charge in [0.05, 0.1) is 6.42 Å². The Morgan fingerprint density at radius 1 is 0.806 bits per heavy atom. The first kappa shape index (κ1) is 26.2. The minimum Gasteiger partial charge on any atom is -0.457 e. The van der Waals surface area contributed by atoms with Gasteiger partial charge in [0.1, 0.15) is 11.5 Å². The maximum atomic E-state index is 12.1. The molecule has 0 radical (unpaired) electrons. The third kappa shape index (κ3) is 8.44. The molecule has 3 amide bonds. The molecule has 0 bridgehead atoms. The first-order valence-corrected chi connectivity index (χ1v) is 11.3. The van der Waals surface area contributed by atoms with Crippen molar-refractivity contribution < 1.29 is 28.7 Å². The number of aryl methyl sites for hydroxylation is 1. The van der Waals surface area contributed by atoms with E-state index < -0.39 is 24.4 Å². The Hall–Kier alpha value is -4.37. The lowest BCUT2D eigenvalue weighted by molar-refractivity contribution is -0.149. The molecule has 0 spiro atoms. The lowest BCUT2D eigenvalue weighted by atomic mass is 10.2. The number of hydrogen-bond acceptors (Lipinski definition) is 6. The number of rotatable bonds is 9. The van der Waals surface area contributed by atoms with Crippen molar-refractivity contribution in [3.05, 3.63) is 88.9 Å². The normalized spacial score (nSPS) is 10.2. The summed E-state index contributed by atoms with van der Waals surface area (Å²) in [5.41, 5.74) is 6.16. The Bertz CT molecular complexity index is 1230. The molecular weight excluding hydrogens is 486 g/mol. The predicted octanol–water partition coefficient (Wildman–Crippen LogP) is 4.16. The first-order valence-electron chi connectivity index (χ1n) is 10.9. The predicted molar refractivity (Wildman–Crippen MR) is 134 cm³/mol. The van der Waals surface area contributed by atoms with Crippen molar-refractivity contribution in [3.63, 3.8) is 0 Å². The molecule has 3 aromatic carbocycles. The van der Waals surface area contributed by atoms with Gasteiger partial charge in [-0.2, -0.15) is 0 Å². The summed E-state index contributed by atoms with van der Waals surface area (Å²) in [6, 6.07) is 20.5. The van der Waals surface area contributed by atoms with Crippen LogP contribution in [-0.4, -0.2) is 30.3 Å². The van der Waals surface area contributed by atoms with Crippen LogP contribution >= 0.6 is 11.6 Å². The molecule has 3 aromatic rings. The number of halogens is 1. The number of anilines is 1. The van der Waals surface area contributed by atoms with Gasteiger partial charge in [-0.3, -0.25) is 30.0 Å². The second-order valence-electron chi connectivity index (χ2n) is 7.61. The van der Waals surface area contributed by atoms with Gasteiger partial charge >= 0.3 is 5.97 Å². The summed E-state index contributed by atoms with van der Waals surface area (Å²) >= 11 is 5.76. The second-order valence-corrected chi connectivity index (χ2v) is 8.05. The zero-order valence-corrected chi connectivity index (χ0v) is 20.1. The van der Waals surface area contributed by atoms with Gasteiger partial charge in [0.2, 0.25) is 5.91 Å². The molecule has 0 aliphatic rings. The Morgan fingerprint density at radius 2 is 1.50 bits per heavy atom. The maximum absolute atomic E-state index is 12.1. The molecule has 0 unspecified atom stereocenters. The van der Waals surface area contributed by atoms with E-state index >= 15 is 0 Å². The Morgan fingerprint density at radius 3 is 2.19 bits per heavy atom. The molecule has 9 nitrogen and oxygen atoms in total. The molecule has 0 aliphatic heterocycles. The van der Waals surface area contributed by atoms with Crippen molar-refractivity contribution in [1.82, 2.24) is 10.9 Å². The summed E-state index contributed by atoms with van der Waals surface area (Å²) in [7, 11) is 0. The van der Waals surface area contributed by atoms with Crippen molar-refractivity contribution in [2.24, 2.45) is 0 Å². The smallest absolute Gasteiger partial charge is 0.306 e. The van der Waals surface area contributed by atoms with E-state index in [0.717, 1.165) is 11.3 Å². The van der Waals surface area contributed by atoms with E-state index in [9.17, 15) is 19.2 Å². The molecule has 0 aromatic heterocycles. The molecule has 0 heterocycles. The summed E-state index contributed by atoms with van der Waals surface area (Å²) in [5, 5.41) is 3.15. The van der Waals surface area contributed by atoms with Crippen molar-refractivity contribution in [2.45, 2.75) is 19.8 Å². The van der Waals surface area contributed by atoms with Gasteiger partial charge in [-0.15, -0.1) is 0 Å². The van der Waals surface area contributed by atoms with Crippen LogP contribution in [0.15, 0.2) is 72.8 Å². The number of ether oxygens (including phenoxy) is 2. The van der Waals surface area contributed by atoms with Crippen LogP contribution in [0.1, 0.15) is 28.8 Å². The molecule has 186 valence electrons. The van der Waals surface area contributed by atoms with Gasteiger partial charge in [0.15, 0.2) is 6.61 Å². The fraction of sp³-hybridized carbons (Fsp3) is 0.154. The van der Waals surface area contributed by atoms with E-state index in [1.54, 1.807) is 24.3 Å². The molecular formula is C26H24ClN3O6. The summed E-state index contributed by atoms with van der Waals surface area (Å²) < 4.78 is 10.6. The summed E-state index contributed by atoms with van der Waals surface area (Å²) in [6.45, 7) is 1.34. The molecule has 0 aliphatic carbocycles. The standard InChI is InChI=1S/C26H24ClN3O6/c1-17-4-2-3-5-22(17)36-21-12-10-20(11-13-21)28-23(31)14-15-25(33)35-16-24(32)29-30-26(34)18-6-8-19(27)9-7-18/h2-13H,14-16H2,1H3,(H,28,31)(H,29,32)(H,30,34). The lowest BCUT2D eigenvalue weighted by Crippen LogP contribution is -2.43. The van der Waals surface area contributed by atoms with E-state index in [4.69, 9.17) is 21.1 Å². The van der Waals surface area contributed by atoms with Crippen LogP contribution in [-0.2, 0) is 19.1 Å². The highest BCUT2D eigenvalue weighted by Crippen LogP contribution is 2.25. The number of benzene rings is 3. The largest absolute Gasteiger partial charge is 0.457 e. The number of carbonyl (C=O) groups excluding carboxylic acids is 4. The number of para-hydroxylation sites is 1. The Balaban J connectivity index is 1.33. The van der Waals surface area contributed by atoms with Gasteiger partial charge in [0, 0.05) is 22.7 Å². The molecule has 3 rings (SSSR count). The van der Waals surface area contributed by atoms with Crippen LogP contribution in [0.5, 0.6) is 11.5 Å². The molecule has 0 atom stereocenters. The van der Waals surface area contributed by atoms with Crippen LogP contribution in [0.2, 0.25) is 5.02 Å². The van der Waals surface area contributed by atoms with Gasteiger partial charge in [0.25, 0.3) is 11.8 Å². The second kappa shape index (κ2) is 12.9. The van der Waals surface area contributed by atoms with Gasteiger partial charge in [-0.25, -0.2) is 0 Å². The van der Waals surface area contributed by atoms with E-state index in [1.807, 2.05) is 31.2 Å². The monoisotopic (exact) mass is 509 g/mol. The number of esters is 1. The molecule has 3 N–H and O–H groups in total. The number of carbonyl (C=O) groups is 4. The van der Waals surface area contributed by atoms with Crippen LogP contribution < -0.4 is 20.9 Å². The quantitative estimate of drug-likeness (QED) is 0.294. The first-order chi connectivity index (χ1) is 17.3. The number of hydrogen-bond donors (Lipinski definition) is 3. The van der Waals surface area contributed by atoms with Crippen molar-refractivity contribution in [3.8, 4) is 11.5 Å². The average Bonchev–Trinajstić information content (AvgIpc) is 2.87. The highest BCUT2D eigenvalue weighted by atomic mass is 35.5. The average molecular weight is 510 g/mol. The third-order valence-corrected chi connectivity index (χ3v) is 5.05. The van der Waals surface area contributed by atoms with Crippen LogP contribution in [0.3, 0.4) is 0 Å². The fourth-order valence-corrected chi connectivity index (χ4v) is 3.02. The minimum absolute atomic E-state index is 0.130. The number of nitrogens with one attached hydrogen (secondary N) is 3. The molecule has 0 fully saturated rings. The lowest BCUT2D eigenvalue weighted by Gasteiger charge is -2.10. The van der Waals surface area contributed by atoms with E-state index in [1.165, 1.54) is 24.3 Å². The minimum atomic E-state index is -0.733. The Kier molecular flexibility index (Phi) is 9.41. The van der Waals surface area contributed by atoms with Crippen LogP contribution in [0.4, 0.5) is 5.69 Å². The highest BCUT2D eigenvalue weighted by molar-refractivity contribution is 6.30. The fourth-order valence-electron chi connectivity index (χ4n) is 2.90. The zero-order chi connectivity index (χ0) is 25.9. The Labute approximate surface area is 212 Å². The topological polar surface area (TPSA) is 123 Å². The van der Waals surface area contributed by atoms with E-state index in [-0.39, 0.29) is 24.3 Å². The maximum Gasteiger partial charge on any atom is 0.306 e.